The van der Waals surface area contributed by atoms with Crippen molar-refractivity contribution in [3.05, 3.63) is 0 Å². The van der Waals surface area contributed by atoms with Crippen LogP contribution >= 0.6 is 17.0 Å². The third-order valence-corrected chi connectivity index (χ3v) is 0. The second kappa shape index (κ2) is 69.6. The minimum Gasteiger partial charge on any atom is -0.397 e. The molecular formula is C6H19BrO3V. The molecule has 0 aromatic carbocycles. The Labute approximate surface area is 91.5 Å². The van der Waals surface area contributed by atoms with E-state index in [9.17, 15) is 0 Å². The summed E-state index contributed by atoms with van der Waals surface area (Å²) in [6, 6.07) is 0. The van der Waals surface area contributed by atoms with Gasteiger partial charge < -0.3 is 15.3 Å². The summed E-state index contributed by atoms with van der Waals surface area (Å²) in [5, 5.41) is 22.7. The normalized spacial score (nSPS) is 4.91. The molecule has 0 aliphatic heterocycles. The van der Waals surface area contributed by atoms with Gasteiger partial charge in [0.05, 0.1) is 0 Å². The van der Waals surface area contributed by atoms with E-state index in [0.29, 0.717) is 0 Å². The third-order valence-electron chi connectivity index (χ3n) is 0. The van der Waals surface area contributed by atoms with Crippen LogP contribution in [0, 0.1) is 0 Å². The molecule has 11 heavy (non-hydrogen) atoms. The molecule has 0 spiro atoms. The van der Waals surface area contributed by atoms with Crippen LogP contribution in [0.4, 0.5) is 0 Å². The molecule has 0 heterocycles. The van der Waals surface area contributed by atoms with Crippen molar-refractivity contribution in [2.45, 2.75) is 20.8 Å². The van der Waals surface area contributed by atoms with E-state index in [1.807, 2.05) is 0 Å². The van der Waals surface area contributed by atoms with E-state index in [1.54, 1.807) is 20.8 Å². The van der Waals surface area contributed by atoms with Gasteiger partial charge in [0.15, 0.2) is 0 Å². The zero-order chi connectivity index (χ0) is 8.12. The van der Waals surface area contributed by atoms with Gasteiger partial charge in [0.2, 0.25) is 0 Å². The standard InChI is InChI=1S/3C2H6O.BrH.V/c3*1-2-3;;/h3*3H,2H2,1H3;1H;. The average Bonchev–Trinajstić information content (AvgIpc) is 1.70. The number of rotatable bonds is 0. The van der Waals surface area contributed by atoms with Crippen LogP contribution in [-0.2, 0) is 18.6 Å². The van der Waals surface area contributed by atoms with E-state index in [-0.39, 0.29) is 55.4 Å². The van der Waals surface area contributed by atoms with Crippen molar-refractivity contribution in [1.29, 1.82) is 0 Å². The fourth-order valence-corrected chi connectivity index (χ4v) is 0. The summed E-state index contributed by atoms with van der Waals surface area (Å²) in [5.41, 5.74) is 0. The van der Waals surface area contributed by atoms with Gasteiger partial charge in [-0.2, -0.15) is 0 Å². The molecule has 1 radical (unpaired) electrons. The Hall–Kier alpha value is 0.944. The molecule has 0 atom stereocenters. The number of aliphatic hydroxyl groups is 3. The summed E-state index contributed by atoms with van der Waals surface area (Å²) in [6.45, 7) is 5.79. The molecule has 3 N–H and O–H groups in total. The van der Waals surface area contributed by atoms with Crippen LogP contribution in [0.3, 0.4) is 0 Å². The first-order valence-corrected chi connectivity index (χ1v) is 3.07. The molecule has 0 unspecified atom stereocenters. The molecule has 0 aromatic heterocycles. The fourth-order valence-electron chi connectivity index (χ4n) is 0. The van der Waals surface area contributed by atoms with Gasteiger partial charge in [-0.1, -0.05) is 0 Å². The Morgan fingerprint density at radius 2 is 0.727 bits per heavy atom. The number of hydrogen-bond donors (Lipinski definition) is 3. The fraction of sp³-hybridized carbons (Fsp3) is 1.00. The van der Waals surface area contributed by atoms with E-state index in [4.69, 9.17) is 15.3 Å². The van der Waals surface area contributed by atoms with Crippen molar-refractivity contribution in [1.82, 2.24) is 0 Å². The number of aliphatic hydroxyl groups excluding tert-OH is 3. The Kier molecular flexibility index (Phi) is 188. The smallest absolute Gasteiger partial charge is 0.0402 e. The number of halogens is 1. The van der Waals surface area contributed by atoms with E-state index in [0.717, 1.165) is 0 Å². The van der Waals surface area contributed by atoms with Crippen LogP contribution in [0.15, 0.2) is 0 Å². The van der Waals surface area contributed by atoms with E-state index in [2.05, 4.69) is 0 Å². The summed E-state index contributed by atoms with van der Waals surface area (Å²) < 4.78 is 0. The minimum absolute atomic E-state index is 0. The Balaban J connectivity index is -0.0000000150. The monoisotopic (exact) mass is 269 g/mol. The summed E-state index contributed by atoms with van der Waals surface area (Å²) >= 11 is 0. The Morgan fingerprint density at radius 3 is 0.727 bits per heavy atom. The van der Waals surface area contributed by atoms with Crippen molar-refractivity contribution in [2.75, 3.05) is 19.8 Å². The second-order valence-electron chi connectivity index (χ2n) is 0.949. The maximum absolute atomic E-state index is 7.57. The van der Waals surface area contributed by atoms with Crippen LogP contribution < -0.4 is 0 Å². The van der Waals surface area contributed by atoms with Crippen LogP contribution in [0.5, 0.6) is 0 Å². The van der Waals surface area contributed by atoms with Gasteiger partial charge in [-0.05, 0) is 20.8 Å². The molecule has 0 aromatic rings. The average molecular weight is 270 g/mol. The summed E-state index contributed by atoms with van der Waals surface area (Å²) in [6.07, 6.45) is 0. The van der Waals surface area contributed by atoms with E-state index >= 15 is 0 Å². The molecule has 0 amide bonds. The second-order valence-corrected chi connectivity index (χ2v) is 0.949. The molecule has 0 rings (SSSR count). The zero-order valence-corrected chi connectivity index (χ0v) is 10.4. The third kappa shape index (κ3) is 982. The molecule has 5 heteroatoms. The van der Waals surface area contributed by atoms with Crippen LogP contribution in [0.1, 0.15) is 20.8 Å². The van der Waals surface area contributed by atoms with Crippen molar-refractivity contribution in [3.8, 4) is 0 Å². The maximum Gasteiger partial charge on any atom is 0.0402 e. The summed E-state index contributed by atoms with van der Waals surface area (Å²) in [5.74, 6) is 0. The molecule has 0 aliphatic carbocycles. The number of hydrogen-bond acceptors (Lipinski definition) is 3. The van der Waals surface area contributed by atoms with Gasteiger partial charge >= 0.3 is 0 Å². The van der Waals surface area contributed by atoms with Gasteiger partial charge in [-0.15, -0.1) is 17.0 Å². The van der Waals surface area contributed by atoms with E-state index < -0.39 is 0 Å². The van der Waals surface area contributed by atoms with Crippen molar-refractivity contribution < 1.29 is 33.9 Å². The quantitative estimate of drug-likeness (QED) is 0.603. The predicted octanol–water partition coefficient (Wildman–Crippen LogP) is 0.571. The van der Waals surface area contributed by atoms with Gasteiger partial charge in [0.1, 0.15) is 0 Å². The predicted molar refractivity (Wildman–Crippen MR) is 48.6 cm³/mol. The van der Waals surface area contributed by atoms with Gasteiger partial charge in [-0.3, -0.25) is 0 Å². The van der Waals surface area contributed by atoms with Gasteiger partial charge in [0, 0.05) is 38.4 Å². The molecule has 0 bridgehead atoms. The van der Waals surface area contributed by atoms with Crippen LogP contribution in [0.2, 0.25) is 0 Å². The Bertz CT molecular complexity index is 22.5. The van der Waals surface area contributed by atoms with Gasteiger partial charge in [-0.25, -0.2) is 0 Å². The molecule has 0 saturated carbocycles. The molecule has 0 fully saturated rings. The van der Waals surface area contributed by atoms with Crippen LogP contribution in [-0.4, -0.2) is 35.1 Å². The first-order chi connectivity index (χ1) is 4.24. The molecule has 0 aliphatic rings. The van der Waals surface area contributed by atoms with E-state index in [1.165, 1.54) is 0 Å². The summed E-state index contributed by atoms with van der Waals surface area (Å²) in [7, 11) is 0. The summed E-state index contributed by atoms with van der Waals surface area (Å²) in [4.78, 5) is 0. The molecular weight excluding hydrogens is 251 g/mol. The molecule has 73 valence electrons. The molecule has 0 saturated heterocycles. The van der Waals surface area contributed by atoms with Crippen LogP contribution in [0.25, 0.3) is 0 Å². The SMILES string of the molecule is Br.CCO.CCO.CCO.[V]. The topological polar surface area (TPSA) is 60.7 Å². The minimum atomic E-state index is 0. The largest absolute Gasteiger partial charge is 0.397 e. The van der Waals surface area contributed by atoms with Crippen molar-refractivity contribution in [3.63, 3.8) is 0 Å². The van der Waals surface area contributed by atoms with Crippen molar-refractivity contribution >= 4 is 17.0 Å². The Morgan fingerprint density at radius 1 is 0.727 bits per heavy atom. The first-order valence-electron chi connectivity index (χ1n) is 3.07. The van der Waals surface area contributed by atoms with Gasteiger partial charge in [0.25, 0.3) is 0 Å². The first kappa shape index (κ1) is 29.7. The zero-order valence-electron chi connectivity index (χ0n) is 7.32. The van der Waals surface area contributed by atoms with Crippen molar-refractivity contribution in [2.24, 2.45) is 0 Å². The maximum atomic E-state index is 7.57. The molecule has 3 nitrogen and oxygen atoms in total.